The highest BCUT2D eigenvalue weighted by molar-refractivity contribution is 6.07. The number of urea groups is 4. The highest BCUT2D eigenvalue weighted by atomic mass is 19.1. The maximum atomic E-state index is 14.6. The zero-order valence-electron chi connectivity index (χ0n) is 79.9. The minimum absolute atomic E-state index is 0.218. The standard InChI is InChI=1S/3C28H22FN7O.C27H22N8O/c1-36(2)28(37)32-20-10-17(13-30-15-20)18-11-23-26(34-35-27(23)31-14-18)25-12-22-21(7-4-8-24(22)33-25)16-5-3-6-19(29)9-16;1-36(2)28(37)32-18-10-16(13-30-15-18)17-11-22-26(34-35-27(22)31-14-17)25-12-21-19(7-5-9-24(21)33-25)20-6-3-4-8-23(20)29;1-36(2)28(37)32-20-10-17(13-30-15-20)18-11-23-26(34-35-27(23)31-14-18)25-12-22-21(4-3-5-24(22)33-25)16-6-8-19(29)9-7-16;1-35(2)27(36)31-19-9-17(13-29-15-19)18-10-22-25(33-34-26(22)30-14-18)24-11-21-20(6-3-7-23(21)32-24)16-5-4-8-28-12-16/h3*3-15,33H,1-2H3,(H,32,37)(H,31,34,35);3-15,32H,1-2H3,(H,31,36)(H,30,33,34). The number of hydrogen-bond acceptors (Lipinski definition) is 17. The Morgan fingerprint density at radius 1 is 0.245 bits per heavy atom. The molecule has 17 aromatic heterocycles. The number of nitrogens with zero attached hydrogens (tertiary/aromatic N) is 17. The fourth-order valence-corrected chi connectivity index (χ4v) is 17.3. The van der Waals surface area contributed by atoms with Crippen molar-refractivity contribution in [1.82, 2.24) is 125 Å². The zero-order chi connectivity index (χ0) is 101. The van der Waals surface area contributed by atoms with Gasteiger partial charge in [-0.15, -0.1) is 0 Å². The van der Waals surface area contributed by atoms with Gasteiger partial charge in [-0.25, -0.2) is 52.3 Å². The van der Waals surface area contributed by atoms with Gasteiger partial charge in [0.25, 0.3) is 0 Å². The van der Waals surface area contributed by atoms with Crippen molar-refractivity contribution in [3.05, 3.63) is 335 Å². The Bertz CT molecular complexity index is 9150. The predicted molar refractivity (Wildman–Crippen MR) is 568 cm³/mol. The first kappa shape index (κ1) is 93.1. The van der Waals surface area contributed by atoms with E-state index in [0.29, 0.717) is 50.9 Å². The minimum Gasteiger partial charge on any atom is -0.353 e. The number of anilines is 4. The Hall–Kier alpha value is -20.2. The fraction of sp³-hybridized carbons (Fsp3) is 0.0721. The Balaban J connectivity index is 0.000000115. The molecular formula is C111H88F3N29O4. The lowest BCUT2D eigenvalue weighted by Crippen LogP contribution is -2.27. The van der Waals surface area contributed by atoms with E-state index in [9.17, 15) is 32.3 Å². The monoisotopic (exact) mass is 1950 g/mol. The minimum atomic E-state index is -0.275. The number of rotatable bonds is 16. The van der Waals surface area contributed by atoms with E-state index in [0.717, 1.165) is 194 Å². The number of hydrogen-bond donors (Lipinski definition) is 12. The molecule has 0 aliphatic rings. The number of aromatic amines is 8. The molecule has 0 saturated heterocycles. The van der Waals surface area contributed by atoms with Crippen LogP contribution >= 0.6 is 0 Å². The summed E-state index contributed by atoms with van der Waals surface area (Å²) in [5.74, 6) is -0.807. The van der Waals surface area contributed by atoms with E-state index in [1.54, 1.807) is 167 Å². The number of pyridine rings is 9. The van der Waals surface area contributed by atoms with Gasteiger partial charge in [0.2, 0.25) is 0 Å². The molecule has 36 heteroatoms. The largest absolute Gasteiger partial charge is 0.353 e. The van der Waals surface area contributed by atoms with Crippen LogP contribution in [0.4, 0.5) is 55.1 Å². The summed E-state index contributed by atoms with van der Waals surface area (Å²) in [6, 6.07) is 70.4. The lowest BCUT2D eigenvalue weighted by Gasteiger charge is -2.12. The summed E-state index contributed by atoms with van der Waals surface area (Å²) in [4.78, 5) is 107. The van der Waals surface area contributed by atoms with Crippen molar-refractivity contribution in [2.45, 2.75) is 0 Å². The molecule has 24 rings (SSSR count). The summed E-state index contributed by atoms with van der Waals surface area (Å²) >= 11 is 0. The van der Waals surface area contributed by atoms with Crippen LogP contribution in [0.1, 0.15) is 0 Å². The number of carbonyl (C=O) groups excluding carboxylic acids is 4. The van der Waals surface area contributed by atoms with Gasteiger partial charge in [0.1, 0.15) is 17.5 Å². The molecule has 147 heavy (non-hydrogen) atoms. The van der Waals surface area contributed by atoms with Crippen LogP contribution in [0.3, 0.4) is 0 Å². The predicted octanol–water partition coefficient (Wildman–Crippen LogP) is 23.5. The van der Waals surface area contributed by atoms with E-state index in [1.807, 2.05) is 146 Å². The van der Waals surface area contributed by atoms with Crippen LogP contribution in [0, 0.1) is 17.5 Å². The Morgan fingerprint density at radius 3 is 0.878 bits per heavy atom. The van der Waals surface area contributed by atoms with Gasteiger partial charge in [-0.2, -0.15) is 20.4 Å². The van der Waals surface area contributed by atoms with E-state index < -0.39 is 0 Å². The topological polar surface area (TPSA) is 423 Å². The van der Waals surface area contributed by atoms with Gasteiger partial charge < -0.3 is 60.8 Å². The van der Waals surface area contributed by atoms with Crippen LogP contribution in [0.5, 0.6) is 0 Å². The second-order valence-electron chi connectivity index (χ2n) is 35.5. The summed E-state index contributed by atoms with van der Waals surface area (Å²) in [6.45, 7) is 0. The average molecular weight is 1950 g/mol. The van der Waals surface area contributed by atoms with Gasteiger partial charge in [-0.05, 0) is 167 Å². The number of H-pyrrole nitrogens is 8. The van der Waals surface area contributed by atoms with Crippen molar-refractivity contribution < 1.29 is 32.3 Å². The fourth-order valence-electron chi connectivity index (χ4n) is 17.3. The number of nitrogens with one attached hydrogen (secondary N) is 12. The molecule has 17 heterocycles. The van der Waals surface area contributed by atoms with E-state index >= 15 is 0 Å². The molecule has 8 amide bonds. The second-order valence-corrected chi connectivity index (χ2v) is 35.5. The van der Waals surface area contributed by atoms with Crippen molar-refractivity contribution in [1.29, 1.82) is 0 Å². The molecular weight excluding hydrogens is 1860 g/mol. The quantitative estimate of drug-likeness (QED) is 0.0427. The summed E-state index contributed by atoms with van der Waals surface area (Å²) in [7, 11) is 13.4. The van der Waals surface area contributed by atoms with Crippen LogP contribution in [-0.4, -0.2) is 206 Å². The molecule has 0 aliphatic carbocycles. The number of benzene rings is 7. The lowest BCUT2D eigenvalue weighted by atomic mass is 10.0. The maximum Gasteiger partial charge on any atom is 0.321 e. The van der Waals surface area contributed by atoms with Crippen LogP contribution in [0.25, 0.3) is 222 Å². The summed E-state index contributed by atoms with van der Waals surface area (Å²) in [5.41, 5.74) is 28.9. The zero-order valence-corrected chi connectivity index (χ0v) is 79.9. The van der Waals surface area contributed by atoms with E-state index in [4.69, 9.17) is 0 Å². The van der Waals surface area contributed by atoms with Gasteiger partial charge in [-0.1, -0.05) is 97.1 Å². The first-order chi connectivity index (χ1) is 71.5. The van der Waals surface area contributed by atoms with Crippen LogP contribution in [-0.2, 0) is 0 Å². The van der Waals surface area contributed by atoms with Crippen LogP contribution in [0.15, 0.2) is 317 Å². The molecule has 0 unspecified atom stereocenters. The van der Waals surface area contributed by atoms with Gasteiger partial charge in [0, 0.05) is 239 Å². The molecule has 0 bridgehead atoms. The highest BCUT2D eigenvalue weighted by Gasteiger charge is 2.24. The third-order valence-electron chi connectivity index (χ3n) is 24.7. The number of halogens is 3. The first-order valence-electron chi connectivity index (χ1n) is 46.2. The molecule has 0 spiro atoms. The molecule has 0 radical (unpaired) electrons. The van der Waals surface area contributed by atoms with Crippen molar-refractivity contribution in [3.8, 4) is 135 Å². The van der Waals surface area contributed by atoms with E-state index in [-0.39, 0.29) is 41.6 Å². The Morgan fingerprint density at radius 2 is 0.544 bits per heavy atom. The normalized spacial score (nSPS) is 11.2. The summed E-state index contributed by atoms with van der Waals surface area (Å²) in [5, 5.41) is 48.7. The molecule has 24 aromatic rings. The summed E-state index contributed by atoms with van der Waals surface area (Å²) in [6.07, 6.45) is 23.9. The van der Waals surface area contributed by atoms with E-state index in [2.05, 4.69) is 157 Å². The molecule has 0 fully saturated rings. The van der Waals surface area contributed by atoms with Gasteiger partial charge in [0.05, 0.1) is 93.1 Å². The first-order valence-corrected chi connectivity index (χ1v) is 46.2. The molecule has 0 atom stereocenters. The number of amides is 8. The lowest BCUT2D eigenvalue weighted by molar-refractivity contribution is 0.230. The average Bonchev–Trinajstić information content (AvgIpc) is 1.63. The van der Waals surface area contributed by atoms with Crippen LogP contribution in [0.2, 0.25) is 0 Å². The van der Waals surface area contributed by atoms with Crippen molar-refractivity contribution in [2.24, 2.45) is 0 Å². The highest BCUT2D eigenvalue weighted by Crippen LogP contribution is 2.43. The number of aromatic nitrogens is 21. The van der Waals surface area contributed by atoms with Crippen molar-refractivity contribution in [2.75, 3.05) is 77.6 Å². The Labute approximate surface area is 834 Å². The van der Waals surface area contributed by atoms with Gasteiger partial charge in [0.15, 0.2) is 22.6 Å². The van der Waals surface area contributed by atoms with Crippen LogP contribution < -0.4 is 21.3 Å². The number of carbonyl (C=O) groups is 4. The number of fused-ring (bicyclic) bond motifs is 8. The maximum absolute atomic E-state index is 14.6. The molecule has 12 N–H and O–H groups in total. The second kappa shape index (κ2) is 39.8. The van der Waals surface area contributed by atoms with Crippen molar-refractivity contribution in [3.63, 3.8) is 0 Å². The smallest absolute Gasteiger partial charge is 0.321 e. The molecule has 722 valence electrons. The van der Waals surface area contributed by atoms with Gasteiger partial charge in [-0.3, -0.25) is 45.3 Å². The SMILES string of the molecule is CN(C)C(=O)Nc1cncc(-c2cnc3n[nH]c(-c4cc5c(-c6ccc(F)cc6)cccc5[nH]4)c3c2)c1.CN(C)C(=O)Nc1cncc(-c2cnc3n[nH]c(-c4cc5c(-c6cccc(F)c6)cccc5[nH]4)c3c2)c1.CN(C)C(=O)Nc1cncc(-c2cnc3n[nH]c(-c4cc5c(-c6ccccc6F)cccc5[nH]4)c3c2)c1.CN(C)C(=O)Nc1cncc(-c2cnc3n[nH]c(-c4cc5c(-c6cccnc6)cccc5[nH]4)c3c2)c1. The molecule has 33 nitrogen and oxygen atoms in total. The van der Waals surface area contributed by atoms with Crippen molar-refractivity contribution >= 4 is 135 Å². The third kappa shape index (κ3) is 19.5. The Kier molecular flexibility index (Phi) is 25.2. The summed E-state index contributed by atoms with van der Waals surface area (Å²) < 4.78 is 41.9. The van der Waals surface area contributed by atoms with Gasteiger partial charge >= 0.3 is 24.1 Å². The molecule has 0 saturated carbocycles. The molecule has 7 aromatic carbocycles. The third-order valence-corrected chi connectivity index (χ3v) is 24.7. The van der Waals surface area contributed by atoms with E-state index in [1.165, 1.54) is 49.9 Å². The molecule has 0 aliphatic heterocycles.